The van der Waals surface area contributed by atoms with Crippen molar-refractivity contribution in [2.45, 2.75) is 20.3 Å². The number of aromatic nitrogens is 4. The topological polar surface area (TPSA) is 76.3 Å². The van der Waals surface area contributed by atoms with E-state index in [1.165, 1.54) is 26.5 Å². The molecule has 178 valence electrons. The number of urea groups is 1. The van der Waals surface area contributed by atoms with Crippen LogP contribution in [0.15, 0.2) is 65.8 Å². The summed E-state index contributed by atoms with van der Waals surface area (Å²) in [5, 5.41) is 3.96. The highest BCUT2D eigenvalue weighted by molar-refractivity contribution is 6.07. The Morgan fingerprint density at radius 3 is 2.46 bits per heavy atom. The number of benzene rings is 2. The zero-order valence-corrected chi connectivity index (χ0v) is 19.8. The third-order valence-corrected chi connectivity index (χ3v) is 6.30. The van der Waals surface area contributed by atoms with E-state index >= 15 is 4.39 Å². The summed E-state index contributed by atoms with van der Waals surface area (Å²) in [4.78, 5) is 33.3. The van der Waals surface area contributed by atoms with Crippen LogP contribution < -0.4 is 15.5 Å². The Labute approximate surface area is 201 Å². The fourth-order valence-corrected chi connectivity index (χ4v) is 4.53. The van der Waals surface area contributed by atoms with Crippen LogP contribution in [-0.4, -0.2) is 38.5 Å². The van der Waals surface area contributed by atoms with Gasteiger partial charge in [-0.2, -0.15) is 5.10 Å². The maximum Gasteiger partial charge on any atom is 0.350 e. The Kier molecular flexibility index (Phi) is 5.68. The summed E-state index contributed by atoms with van der Waals surface area (Å²) in [7, 11) is 1.58. The lowest BCUT2D eigenvalue weighted by atomic mass is 9.98. The molecule has 35 heavy (non-hydrogen) atoms. The molecule has 1 aliphatic heterocycles. The van der Waals surface area contributed by atoms with Gasteiger partial charge in [0.1, 0.15) is 12.1 Å². The molecule has 0 saturated carbocycles. The van der Waals surface area contributed by atoms with Crippen LogP contribution in [0.4, 0.5) is 20.6 Å². The zero-order chi connectivity index (χ0) is 24.7. The summed E-state index contributed by atoms with van der Waals surface area (Å²) < 4.78 is 17.8. The number of rotatable bonds is 5. The number of pyridine rings is 1. The Balaban J connectivity index is 1.51. The SMILES string of the molecule is CCc1c(-c2ccc(-n3cnn(C)c3=O)cn2)ccc(F)c1N1CCN(c2cccc(C)c2)C1=O. The first-order valence-corrected chi connectivity index (χ1v) is 11.4. The van der Waals surface area contributed by atoms with Gasteiger partial charge in [-0.15, -0.1) is 0 Å². The van der Waals surface area contributed by atoms with Gasteiger partial charge in [0.2, 0.25) is 0 Å². The molecule has 0 unspecified atom stereocenters. The molecular weight excluding hydrogens is 447 g/mol. The molecule has 1 saturated heterocycles. The summed E-state index contributed by atoms with van der Waals surface area (Å²) in [6.45, 7) is 4.77. The first-order valence-electron chi connectivity index (χ1n) is 11.4. The van der Waals surface area contributed by atoms with E-state index in [1.807, 2.05) is 38.1 Å². The van der Waals surface area contributed by atoms with Gasteiger partial charge in [-0.25, -0.2) is 23.2 Å². The van der Waals surface area contributed by atoms with Gasteiger partial charge in [-0.1, -0.05) is 19.1 Å². The average molecular weight is 473 g/mol. The van der Waals surface area contributed by atoms with Crippen molar-refractivity contribution in [3.05, 3.63) is 88.5 Å². The minimum Gasteiger partial charge on any atom is -0.292 e. The highest BCUT2D eigenvalue weighted by atomic mass is 19.1. The largest absolute Gasteiger partial charge is 0.350 e. The molecule has 0 bridgehead atoms. The number of carbonyl (C=O) groups is 1. The van der Waals surface area contributed by atoms with Crippen molar-refractivity contribution in [1.29, 1.82) is 0 Å². The highest BCUT2D eigenvalue weighted by Crippen LogP contribution is 2.36. The molecule has 2 aromatic carbocycles. The van der Waals surface area contributed by atoms with Crippen LogP contribution in [0.3, 0.4) is 0 Å². The van der Waals surface area contributed by atoms with E-state index in [4.69, 9.17) is 0 Å². The molecule has 2 aromatic heterocycles. The standard InChI is InChI=1S/C26H25FN6O2/c1-4-20-21(23-11-8-19(15-28-23)33-16-29-30(3)25(33)34)9-10-22(27)24(20)32-13-12-31(26(32)35)18-7-5-6-17(2)14-18/h5-11,14-16H,4,12-13H2,1-3H3. The molecule has 0 atom stereocenters. The van der Waals surface area contributed by atoms with Gasteiger partial charge in [0.15, 0.2) is 0 Å². The number of halogens is 1. The number of anilines is 2. The lowest BCUT2D eigenvalue weighted by Crippen LogP contribution is -2.33. The van der Waals surface area contributed by atoms with E-state index in [-0.39, 0.29) is 11.7 Å². The quantitative estimate of drug-likeness (QED) is 0.439. The van der Waals surface area contributed by atoms with Crippen LogP contribution in [0.5, 0.6) is 0 Å². The first kappa shape index (κ1) is 22.5. The van der Waals surface area contributed by atoms with Crippen LogP contribution in [-0.2, 0) is 13.5 Å². The minimum atomic E-state index is -0.441. The Bertz CT molecular complexity index is 1470. The van der Waals surface area contributed by atoms with Crippen molar-refractivity contribution in [3.63, 3.8) is 0 Å². The van der Waals surface area contributed by atoms with Gasteiger partial charge < -0.3 is 0 Å². The van der Waals surface area contributed by atoms with Gasteiger partial charge in [0.05, 0.1) is 23.3 Å². The van der Waals surface area contributed by atoms with Crippen LogP contribution in [0.25, 0.3) is 16.9 Å². The van der Waals surface area contributed by atoms with Gasteiger partial charge >= 0.3 is 11.7 Å². The second-order valence-electron chi connectivity index (χ2n) is 8.51. The van der Waals surface area contributed by atoms with Gasteiger partial charge in [-0.05, 0) is 60.9 Å². The number of carbonyl (C=O) groups excluding carboxylic acids is 1. The van der Waals surface area contributed by atoms with Crippen LogP contribution in [0.1, 0.15) is 18.1 Å². The van der Waals surface area contributed by atoms with Crippen molar-refractivity contribution < 1.29 is 9.18 Å². The molecular formula is C26H25FN6O2. The summed E-state index contributed by atoms with van der Waals surface area (Å²) >= 11 is 0. The van der Waals surface area contributed by atoms with Crippen LogP contribution >= 0.6 is 0 Å². The van der Waals surface area contributed by atoms with E-state index < -0.39 is 5.82 Å². The molecule has 5 rings (SSSR count). The third kappa shape index (κ3) is 3.88. The number of hydrogen-bond acceptors (Lipinski definition) is 4. The van der Waals surface area contributed by atoms with Crippen LogP contribution in [0, 0.1) is 12.7 Å². The van der Waals surface area contributed by atoms with Gasteiger partial charge in [0, 0.05) is 31.4 Å². The van der Waals surface area contributed by atoms with Gasteiger partial charge in [0.25, 0.3) is 0 Å². The van der Waals surface area contributed by atoms with Crippen molar-refractivity contribution in [2.75, 3.05) is 22.9 Å². The van der Waals surface area contributed by atoms with Crippen LogP contribution in [0.2, 0.25) is 0 Å². The van der Waals surface area contributed by atoms with Crippen molar-refractivity contribution in [3.8, 4) is 16.9 Å². The second kappa shape index (κ2) is 8.83. The zero-order valence-electron chi connectivity index (χ0n) is 19.8. The lowest BCUT2D eigenvalue weighted by molar-refractivity contribution is 0.255. The lowest BCUT2D eigenvalue weighted by Gasteiger charge is -2.23. The minimum absolute atomic E-state index is 0.249. The molecule has 0 spiro atoms. The maximum absolute atomic E-state index is 15.2. The van der Waals surface area contributed by atoms with E-state index in [2.05, 4.69) is 10.1 Å². The summed E-state index contributed by atoms with van der Waals surface area (Å²) in [6, 6.07) is 14.1. The molecule has 8 nitrogen and oxygen atoms in total. The summed E-state index contributed by atoms with van der Waals surface area (Å²) in [5.41, 5.74) is 4.54. The molecule has 1 aliphatic rings. The van der Waals surface area contributed by atoms with Gasteiger partial charge in [-0.3, -0.25) is 14.8 Å². The third-order valence-electron chi connectivity index (χ3n) is 6.30. The molecule has 1 fully saturated rings. The van der Waals surface area contributed by atoms with E-state index in [0.717, 1.165) is 16.8 Å². The van der Waals surface area contributed by atoms with E-state index in [0.29, 0.717) is 42.1 Å². The normalized spacial score (nSPS) is 13.7. The molecule has 0 radical (unpaired) electrons. The number of hydrogen-bond donors (Lipinski definition) is 0. The maximum atomic E-state index is 15.2. The number of nitrogens with zero attached hydrogens (tertiary/aromatic N) is 6. The predicted molar refractivity (Wildman–Crippen MR) is 133 cm³/mol. The van der Waals surface area contributed by atoms with Crippen molar-refractivity contribution in [1.82, 2.24) is 19.3 Å². The Morgan fingerprint density at radius 2 is 1.80 bits per heavy atom. The fraction of sp³-hybridized carbons (Fsp3) is 0.231. The predicted octanol–water partition coefficient (Wildman–Crippen LogP) is 4.09. The average Bonchev–Trinajstić information content (AvgIpc) is 3.40. The molecule has 4 aromatic rings. The second-order valence-corrected chi connectivity index (χ2v) is 8.51. The summed E-state index contributed by atoms with van der Waals surface area (Å²) in [6.07, 6.45) is 3.54. The number of aryl methyl sites for hydroxylation is 2. The first-order chi connectivity index (χ1) is 16.9. The molecule has 0 aliphatic carbocycles. The van der Waals surface area contributed by atoms with E-state index in [1.54, 1.807) is 36.3 Å². The Morgan fingerprint density at radius 1 is 1.00 bits per heavy atom. The highest BCUT2D eigenvalue weighted by Gasteiger charge is 2.34. The molecule has 3 heterocycles. The smallest absolute Gasteiger partial charge is 0.292 e. The molecule has 9 heteroatoms. The Hall–Kier alpha value is -4.27. The van der Waals surface area contributed by atoms with Crippen molar-refractivity contribution in [2.24, 2.45) is 7.05 Å². The van der Waals surface area contributed by atoms with E-state index in [9.17, 15) is 9.59 Å². The summed E-state index contributed by atoms with van der Waals surface area (Å²) in [5.74, 6) is -0.441. The molecule has 0 N–H and O–H groups in total. The molecule has 2 amide bonds. The van der Waals surface area contributed by atoms with Crippen molar-refractivity contribution >= 4 is 17.4 Å². The fourth-order valence-electron chi connectivity index (χ4n) is 4.53. The number of amides is 2. The monoisotopic (exact) mass is 472 g/mol.